The summed E-state index contributed by atoms with van der Waals surface area (Å²) in [6, 6.07) is -0.387. The zero-order valence-corrected chi connectivity index (χ0v) is 15.0. The predicted octanol–water partition coefficient (Wildman–Crippen LogP) is 1.42. The van der Waals surface area contributed by atoms with E-state index in [1.165, 1.54) is 0 Å². The van der Waals surface area contributed by atoms with E-state index in [4.69, 9.17) is 4.74 Å². The largest absolute Gasteiger partial charge is 0.382 e. The van der Waals surface area contributed by atoms with Crippen LogP contribution >= 0.6 is 0 Å². The third-order valence-electron chi connectivity index (χ3n) is 3.07. The predicted molar refractivity (Wildman–Crippen MR) is 86.1 cm³/mol. The molecule has 1 rings (SSSR count). The fourth-order valence-corrected chi connectivity index (χ4v) is 3.48. The third-order valence-corrected chi connectivity index (χ3v) is 4.92. The van der Waals surface area contributed by atoms with Crippen LogP contribution in [0.15, 0.2) is 11.5 Å². The highest BCUT2D eigenvalue weighted by atomic mass is 32.2. The first-order valence-electron chi connectivity index (χ1n) is 7.83. The van der Waals surface area contributed by atoms with Crippen molar-refractivity contribution >= 4 is 15.9 Å². The van der Waals surface area contributed by atoms with E-state index in [0.29, 0.717) is 32.7 Å². The molecule has 0 aliphatic rings. The summed E-state index contributed by atoms with van der Waals surface area (Å²) in [7, 11) is -3.56. The first kappa shape index (κ1) is 19.6. The van der Waals surface area contributed by atoms with Gasteiger partial charge in [0.2, 0.25) is 9.84 Å². The number of sulfone groups is 1. The number of nitrogens with zero attached hydrogens (tertiary/aromatic N) is 4. The number of amides is 1. The minimum absolute atomic E-state index is 0.0339. The van der Waals surface area contributed by atoms with Crippen LogP contribution in [0, 0.1) is 5.92 Å². The Morgan fingerprint density at radius 2 is 2.09 bits per heavy atom. The Labute approximate surface area is 137 Å². The van der Waals surface area contributed by atoms with Gasteiger partial charge in [0.25, 0.3) is 5.16 Å². The van der Waals surface area contributed by atoms with Gasteiger partial charge in [0, 0.05) is 26.3 Å². The molecule has 0 spiro atoms. The van der Waals surface area contributed by atoms with Crippen LogP contribution in [0.3, 0.4) is 0 Å². The van der Waals surface area contributed by atoms with E-state index in [2.05, 4.69) is 10.1 Å². The van der Waals surface area contributed by atoms with Crippen molar-refractivity contribution in [1.29, 1.82) is 0 Å². The molecule has 0 N–H and O–H groups in total. The molecule has 1 amide bonds. The van der Waals surface area contributed by atoms with Gasteiger partial charge in [0.05, 0.1) is 5.75 Å². The minimum atomic E-state index is -3.56. The summed E-state index contributed by atoms with van der Waals surface area (Å²) >= 11 is 0. The van der Waals surface area contributed by atoms with Crippen LogP contribution in [0.2, 0.25) is 0 Å². The zero-order chi connectivity index (χ0) is 17.5. The van der Waals surface area contributed by atoms with Crippen molar-refractivity contribution in [3.8, 4) is 0 Å². The quantitative estimate of drug-likeness (QED) is 0.628. The number of aromatic nitrogens is 3. The van der Waals surface area contributed by atoms with Gasteiger partial charge in [0.1, 0.15) is 6.33 Å². The van der Waals surface area contributed by atoms with Gasteiger partial charge in [-0.1, -0.05) is 13.8 Å². The molecule has 132 valence electrons. The molecule has 9 heteroatoms. The second-order valence-electron chi connectivity index (χ2n) is 5.56. The average molecular weight is 346 g/mol. The molecule has 1 aromatic heterocycles. The van der Waals surface area contributed by atoms with Crippen molar-refractivity contribution in [3.63, 3.8) is 0 Å². The molecule has 8 nitrogen and oxygen atoms in total. The van der Waals surface area contributed by atoms with Crippen molar-refractivity contribution in [2.75, 3.05) is 32.1 Å². The molecule has 0 radical (unpaired) electrons. The molecular weight excluding hydrogens is 320 g/mol. The van der Waals surface area contributed by atoms with Gasteiger partial charge in [-0.2, -0.15) is 4.68 Å². The number of rotatable bonds is 9. The molecule has 0 aliphatic carbocycles. The number of carbonyl (C=O) groups excluding carboxylic acids is 1. The SMILES string of the molecule is CCOCCCN(CC)C(=O)n1cnc(S(=O)(=O)CC(C)C)n1. The standard InChI is InChI=1S/C14H26N4O4S/c1-5-17(8-7-9-22-6-2)14(19)18-11-15-13(16-18)23(20,21)10-12(3)4/h11-12H,5-10H2,1-4H3. The summed E-state index contributed by atoms with van der Waals surface area (Å²) < 4.78 is 30.4. The molecule has 0 aliphatic heterocycles. The lowest BCUT2D eigenvalue weighted by Gasteiger charge is -2.19. The Hall–Kier alpha value is -1.48. The lowest BCUT2D eigenvalue weighted by atomic mass is 10.3. The molecule has 1 aromatic rings. The van der Waals surface area contributed by atoms with Crippen molar-refractivity contribution in [2.45, 2.75) is 39.3 Å². The number of carbonyl (C=O) groups is 1. The highest BCUT2D eigenvalue weighted by Gasteiger charge is 2.23. The van der Waals surface area contributed by atoms with Gasteiger partial charge in [-0.3, -0.25) is 0 Å². The zero-order valence-electron chi connectivity index (χ0n) is 14.2. The lowest BCUT2D eigenvalue weighted by Crippen LogP contribution is -2.36. The molecule has 1 heterocycles. The van der Waals surface area contributed by atoms with E-state index in [0.717, 1.165) is 11.0 Å². The molecule has 0 bridgehead atoms. The smallest absolute Gasteiger partial charge is 0.346 e. The fourth-order valence-electron chi connectivity index (χ4n) is 2.03. The summed E-state index contributed by atoms with van der Waals surface area (Å²) in [5, 5.41) is 3.54. The lowest BCUT2D eigenvalue weighted by molar-refractivity contribution is 0.134. The Morgan fingerprint density at radius 3 is 2.65 bits per heavy atom. The van der Waals surface area contributed by atoms with Crippen LogP contribution in [-0.2, 0) is 14.6 Å². The van der Waals surface area contributed by atoms with Gasteiger partial charge in [0.15, 0.2) is 0 Å². The van der Waals surface area contributed by atoms with Crippen molar-refractivity contribution in [2.24, 2.45) is 5.92 Å². The average Bonchev–Trinajstić information content (AvgIpc) is 2.96. The summed E-state index contributed by atoms with van der Waals surface area (Å²) in [4.78, 5) is 17.7. The third kappa shape index (κ3) is 5.91. The van der Waals surface area contributed by atoms with E-state index in [-0.39, 0.29) is 22.9 Å². The maximum atomic E-state index is 12.4. The minimum Gasteiger partial charge on any atom is -0.382 e. The van der Waals surface area contributed by atoms with Gasteiger partial charge < -0.3 is 9.64 Å². The maximum Gasteiger partial charge on any atom is 0.346 e. The van der Waals surface area contributed by atoms with E-state index >= 15 is 0 Å². The van der Waals surface area contributed by atoms with E-state index in [1.54, 1.807) is 18.7 Å². The van der Waals surface area contributed by atoms with Crippen LogP contribution in [0.4, 0.5) is 4.79 Å². The number of ether oxygens (including phenoxy) is 1. The van der Waals surface area contributed by atoms with Crippen LogP contribution in [0.25, 0.3) is 0 Å². The first-order chi connectivity index (χ1) is 10.8. The normalized spacial score (nSPS) is 11.9. The molecule has 0 unspecified atom stereocenters. The van der Waals surface area contributed by atoms with Crippen molar-refractivity contribution in [1.82, 2.24) is 19.7 Å². The molecule has 0 saturated heterocycles. The molecule has 0 saturated carbocycles. The van der Waals surface area contributed by atoms with Crippen molar-refractivity contribution in [3.05, 3.63) is 6.33 Å². The van der Waals surface area contributed by atoms with E-state index in [1.807, 2.05) is 13.8 Å². The van der Waals surface area contributed by atoms with Crippen LogP contribution in [0.5, 0.6) is 0 Å². The summed E-state index contributed by atoms with van der Waals surface area (Å²) in [6.07, 6.45) is 1.86. The van der Waals surface area contributed by atoms with Crippen LogP contribution < -0.4 is 0 Å². The molecule has 23 heavy (non-hydrogen) atoms. The Morgan fingerprint density at radius 1 is 1.39 bits per heavy atom. The Kier molecular flexibility index (Phi) is 7.63. The van der Waals surface area contributed by atoms with Crippen molar-refractivity contribution < 1.29 is 17.9 Å². The van der Waals surface area contributed by atoms with Crippen LogP contribution in [-0.4, -0.2) is 66.2 Å². The van der Waals surface area contributed by atoms with Gasteiger partial charge in [-0.25, -0.2) is 18.2 Å². The monoisotopic (exact) mass is 346 g/mol. The highest BCUT2D eigenvalue weighted by molar-refractivity contribution is 7.91. The maximum absolute atomic E-state index is 12.4. The second-order valence-corrected chi connectivity index (χ2v) is 7.49. The van der Waals surface area contributed by atoms with E-state index < -0.39 is 9.84 Å². The van der Waals surface area contributed by atoms with Gasteiger partial charge in [-0.05, 0) is 26.2 Å². The molecular formula is C14H26N4O4S. The Bertz CT molecular complexity index is 598. The Balaban J connectivity index is 2.76. The van der Waals surface area contributed by atoms with Crippen LogP contribution in [0.1, 0.15) is 34.1 Å². The second kappa shape index (κ2) is 8.97. The first-order valence-corrected chi connectivity index (χ1v) is 9.48. The number of hydrogen-bond donors (Lipinski definition) is 0. The summed E-state index contributed by atoms with van der Waals surface area (Å²) in [5.74, 6) is -0.0785. The number of hydrogen-bond acceptors (Lipinski definition) is 6. The van der Waals surface area contributed by atoms with E-state index in [9.17, 15) is 13.2 Å². The topological polar surface area (TPSA) is 94.4 Å². The fraction of sp³-hybridized carbons (Fsp3) is 0.786. The van der Waals surface area contributed by atoms with Gasteiger partial charge in [-0.15, -0.1) is 5.10 Å². The highest BCUT2D eigenvalue weighted by Crippen LogP contribution is 2.09. The molecule has 0 fully saturated rings. The summed E-state index contributed by atoms with van der Waals surface area (Å²) in [6.45, 7) is 9.60. The summed E-state index contributed by atoms with van der Waals surface area (Å²) in [5.41, 5.74) is 0. The molecule has 0 aromatic carbocycles. The van der Waals surface area contributed by atoms with Gasteiger partial charge >= 0.3 is 6.03 Å². The molecule has 0 atom stereocenters.